The topological polar surface area (TPSA) is 24.9 Å². The van der Waals surface area contributed by atoms with E-state index in [0.29, 0.717) is 11.3 Å². The molecule has 1 heterocycles. The van der Waals surface area contributed by atoms with E-state index in [1.807, 2.05) is 11.8 Å². The van der Waals surface area contributed by atoms with Crippen molar-refractivity contribution < 1.29 is 0 Å². The number of rotatable bonds is 5. The maximum absolute atomic E-state index is 4.55. The first-order valence-corrected chi connectivity index (χ1v) is 6.76. The zero-order valence-corrected chi connectivity index (χ0v) is 11.7. The second kappa shape index (κ2) is 6.26. The van der Waals surface area contributed by atoms with Crippen molar-refractivity contribution in [2.75, 3.05) is 6.54 Å². The molecule has 1 rings (SSSR count). The zero-order chi connectivity index (χ0) is 12.1. The van der Waals surface area contributed by atoms with Gasteiger partial charge in [0.1, 0.15) is 0 Å². The number of hydrogen-bond donors (Lipinski definition) is 1. The van der Waals surface area contributed by atoms with Crippen molar-refractivity contribution in [1.82, 2.24) is 10.3 Å². The zero-order valence-electron chi connectivity index (χ0n) is 10.9. The Morgan fingerprint density at radius 2 is 2.00 bits per heavy atom. The van der Waals surface area contributed by atoms with Crippen molar-refractivity contribution in [3.05, 3.63) is 23.4 Å². The summed E-state index contributed by atoms with van der Waals surface area (Å²) in [6.45, 7) is 11.8. The Morgan fingerprint density at radius 3 is 2.56 bits per heavy atom. The third-order valence-corrected chi connectivity index (χ3v) is 3.84. The van der Waals surface area contributed by atoms with Gasteiger partial charge in [-0.25, -0.2) is 4.98 Å². The molecule has 2 atom stereocenters. The Morgan fingerprint density at radius 1 is 1.31 bits per heavy atom. The van der Waals surface area contributed by atoms with E-state index < -0.39 is 0 Å². The monoisotopic (exact) mass is 238 g/mol. The number of aryl methyl sites for hydroxylation is 2. The van der Waals surface area contributed by atoms with Crippen LogP contribution in [-0.2, 0) is 0 Å². The standard InChI is InChI=1S/C13H22N2S/c1-6-14-11(4)12(5)16-13-8-9(2)7-10(3)15-13/h7-8,11-12,14H,6H2,1-5H3. The Bertz CT molecular complexity index is 318. The van der Waals surface area contributed by atoms with Crippen molar-refractivity contribution in [3.63, 3.8) is 0 Å². The summed E-state index contributed by atoms with van der Waals surface area (Å²) >= 11 is 1.85. The first kappa shape index (κ1) is 13.5. The summed E-state index contributed by atoms with van der Waals surface area (Å²) in [6.07, 6.45) is 0. The molecule has 0 amide bonds. The molecule has 2 nitrogen and oxygen atoms in total. The van der Waals surface area contributed by atoms with E-state index in [4.69, 9.17) is 0 Å². The van der Waals surface area contributed by atoms with Crippen LogP contribution in [-0.4, -0.2) is 22.8 Å². The van der Waals surface area contributed by atoms with Gasteiger partial charge in [-0.15, -0.1) is 11.8 Å². The van der Waals surface area contributed by atoms with Crippen molar-refractivity contribution in [2.24, 2.45) is 0 Å². The van der Waals surface area contributed by atoms with Gasteiger partial charge in [0.15, 0.2) is 0 Å². The van der Waals surface area contributed by atoms with Gasteiger partial charge >= 0.3 is 0 Å². The molecular formula is C13H22N2S. The van der Waals surface area contributed by atoms with Gasteiger partial charge < -0.3 is 5.32 Å². The average molecular weight is 238 g/mol. The van der Waals surface area contributed by atoms with Crippen LogP contribution >= 0.6 is 11.8 Å². The molecule has 1 aromatic heterocycles. The molecule has 0 saturated heterocycles. The molecule has 0 radical (unpaired) electrons. The minimum absolute atomic E-state index is 0.512. The van der Waals surface area contributed by atoms with Crippen LogP contribution in [0.4, 0.5) is 0 Å². The molecule has 0 aliphatic carbocycles. The third kappa shape index (κ3) is 4.14. The first-order chi connectivity index (χ1) is 7.52. The molecule has 0 spiro atoms. The normalized spacial score (nSPS) is 14.8. The van der Waals surface area contributed by atoms with E-state index >= 15 is 0 Å². The molecule has 2 unspecified atom stereocenters. The van der Waals surface area contributed by atoms with Gasteiger partial charge in [-0.3, -0.25) is 0 Å². The Balaban J connectivity index is 2.65. The van der Waals surface area contributed by atoms with E-state index in [1.165, 1.54) is 5.56 Å². The summed E-state index contributed by atoms with van der Waals surface area (Å²) in [5.41, 5.74) is 2.39. The van der Waals surface area contributed by atoms with E-state index in [9.17, 15) is 0 Å². The van der Waals surface area contributed by atoms with Gasteiger partial charge in [0.2, 0.25) is 0 Å². The number of pyridine rings is 1. The summed E-state index contributed by atoms with van der Waals surface area (Å²) in [7, 11) is 0. The molecule has 3 heteroatoms. The lowest BCUT2D eigenvalue weighted by Gasteiger charge is -2.19. The highest BCUT2D eigenvalue weighted by molar-refractivity contribution is 7.99. The minimum atomic E-state index is 0.512. The summed E-state index contributed by atoms with van der Waals surface area (Å²) in [5, 5.41) is 5.12. The molecule has 90 valence electrons. The number of nitrogens with one attached hydrogen (secondary N) is 1. The molecule has 1 aromatic rings. The highest BCUT2D eigenvalue weighted by Crippen LogP contribution is 2.24. The lowest BCUT2D eigenvalue weighted by molar-refractivity contribution is 0.563. The molecule has 16 heavy (non-hydrogen) atoms. The summed E-state index contributed by atoms with van der Waals surface area (Å²) in [5.74, 6) is 0. The Kier molecular flexibility index (Phi) is 5.29. The van der Waals surface area contributed by atoms with Crippen LogP contribution < -0.4 is 5.32 Å². The molecule has 0 aromatic carbocycles. The van der Waals surface area contributed by atoms with Gasteiger partial charge in [0.25, 0.3) is 0 Å². The lowest BCUT2D eigenvalue weighted by Crippen LogP contribution is -2.33. The molecule has 0 saturated carbocycles. The van der Waals surface area contributed by atoms with Gasteiger partial charge in [0, 0.05) is 17.0 Å². The molecular weight excluding hydrogens is 216 g/mol. The van der Waals surface area contributed by atoms with Gasteiger partial charge in [-0.05, 0) is 45.0 Å². The van der Waals surface area contributed by atoms with Crippen molar-refractivity contribution in [2.45, 2.75) is 50.9 Å². The fourth-order valence-corrected chi connectivity index (χ4v) is 2.78. The van der Waals surface area contributed by atoms with Crippen LogP contribution in [0.1, 0.15) is 32.0 Å². The maximum Gasteiger partial charge on any atom is 0.0968 e. The largest absolute Gasteiger partial charge is 0.313 e. The van der Waals surface area contributed by atoms with Crippen molar-refractivity contribution in [3.8, 4) is 0 Å². The number of aromatic nitrogens is 1. The van der Waals surface area contributed by atoms with Gasteiger partial charge in [-0.2, -0.15) is 0 Å². The van der Waals surface area contributed by atoms with Crippen LogP contribution in [0.2, 0.25) is 0 Å². The molecule has 0 fully saturated rings. The Hall–Kier alpha value is -0.540. The van der Waals surface area contributed by atoms with E-state index in [1.54, 1.807) is 0 Å². The second-order valence-electron chi connectivity index (χ2n) is 4.29. The van der Waals surface area contributed by atoms with Crippen LogP contribution in [0.5, 0.6) is 0 Å². The minimum Gasteiger partial charge on any atom is -0.313 e. The van der Waals surface area contributed by atoms with E-state index in [0.717, 1.165) is 17.3 Å². The van der Waals surface area contributed by atoms with Crippen molar-refractivity contribution >= 4 is 11.8 Å². The summed E-state index contributed by atoms with van der Waals surface area (Å²) in [6, 6.07) is 4.78. The lowest BCUT2D eigenvalue weighted by atomic mass is 10.2. The number of hydrogen-bond acceptors (Lipinski definition) is 3. The van der Waals surface area contributed by atoms with Gasteiger partial charge in [-0.1, -0.05) is 13.8 Å². The fraction of sp³-hybridized carbons (Fsp3) is 0.615. The summed E-state index contributed by atoms with van der Waals surface area (Å²) < 4.78 is 0. The summed E-state index contributed by atoms with van der Waals surface area (Å²) in [4.78, 5) is 4.55. The smallest absolute Gasteiger partial charge is 0.0968 e. The highest BCUT2D eigenvalue weighted by atomic mass is 32.2. The van der Waals surface area contributed by atoms with E-state index in [-0.39, 0.29) is 0 Å². The third-order valence-electron chi connectivity index (χ3n) is 2.61. The van der Waals surface area contributed by atoms with Gasteiger partial charge in [0.05, 0.1) is 5.03 Å². The maximum atomic E-state index is 4.55. The van der Waals surface area contributed by atoms with Crippen LogP contribution in [0.15, 0.2) is 17.2 Å². The number of nitrogens with zero attached hydrogens (tertiary/aromatic N) is 1. The molecule has 0 bridgehead atoms. The predicted octanol–water partition coefficient (Wildman–Crippen LogP) is 3.18. The average Bonchev–Trinajstić information content (AvgIpc) is 2.16. The molecule has 0 aliphatic heterocycles. The van der Waals surface area contributed by atoms with Crippen LogP contribution in [0, 0.1) is 13.8 Å². The quantitative estimate of drug-likeness (QED) is 0.798. The SMILES string of the molecule is CCNC(C)C(C)Sc1cc(C)cc(C)n1. The first-order valence-electron chi connectivity index (χ1n) is 5.88. The van der Waals surface area contributed by atoms with Crippen LogP contribution in [0.25, 0.3) is 0 Å². The Labute approximate surface area is 103 Å². The van der Waals surface area contributed by atoms with Crippen molar-refractivity contribution in [1.29, 1.82) is 0 Å². The molecule has 1 N–H and O–H groups in total. The van der Waals surface area contributed by atoms with Crippen LogP contribution in [0.3, 0.4) is 0 Å². The van der Waals surface area contributed by atoms with E-state index in [2.05, 4.69) is 57.1 Å². The fourth-order valence-electron chi connectivity index (χ4n) is 1.65. The molecule has 0 aliphatic rings. The predicted molar refractivity (Wildman–Crippen MR) is 72.2 cm³/mol. The second-order valence-corrected chi connectivity index (χ2v) is 5.69. The number of thioether (sulfide) groups is 1. The highest BCUT2D eigenvalue weighted by Gasteiger charge is 2.13.